The fourth-order valence-electron chi connectivity index (χ4n) is 4.07. The molecule has 1 heterocycles. The van der Waals surface area contributed by atoms with E-state index in [1.807, 2.05) is 42.5 Å². The van der Waals surface area contributed by atoms with Crippen LogP contribution in [0, 0.1) is 17.2 Å². The van der Waals surface area contributed by atoms with Crippen molar-refractivity contribution in [2.24, 2.45) is 21.9 Å². The Morgan fingerprint density at radius 2 is 2.08 bits per heavy atom. The second kappa shape index (κ2) is 11.6. The molecule has 10 heteroatoms. The number of fused-ring (bicyclic) bond motifs is 1. The molecular formula is C27H31N7O3. The highest BCUT2D eigenvalue weighted by Crippen LogP contribution is 2.39. The van der Waals surface area contributed by atoms with Crippen LogP contribution in [0.25, 0.3) is 22.2 Å². The molecule has 1 amide bonds. The number of carbonyl (C=O) groups is 1. The number of hydrogen-bond donors (Lipinski definition) is 2. The Bertz CT molecular complexity index is 1330. The van der Waals surface area contributed by atoms with Gasteiger partial charge < -0.3 is 14.0 Å². The number of hydrazine groups is 1. The first-order valence-electron chi connectivity index (χ1n) is 12.2. The predicted octanol–water partition coefficient (Wildman–Crippen LogP) is 4.75. The number of nitrogens with zero attached hydrogens (tertiary/aromatic N) is 5. The molecule has 1 aromatic heterocycles. The second-order valence-corrected chi connectivity index (χ2v) is 9.15. The molecule has 0 spiro atoms. The fourth-order valence-corrected chi connectivity index (χ4v) is 4.07. The zero-order chi connectivity index (χ0) is 26.4. The molecule has 0 atom stereocenters. The van der Waals surface area contributed by atoms with Crippen LogP contribution in [-0.2, 0) is 11.3 Å². The van der Waals surface area contributed by atoms with Crippen molar-refractivity contribution in [2.75, 3.05) is 18.5 Å². The summed E-state index contributed by atoms with van der Waals surface area (Å²) in [4.78, 5) is 15.5. The number of aliphatic imine (C=N–C) groups is 1. The first kappa shape index (κ1) is 25.7. The Morgan fingerprint density at radius 1 is 1.32 bits per heavy atom. The average Bonchev–Trinajstić information content (AvgIpc) is 3.64. The van der Waals surface area contributed by atoms with E-state index in [1.54, 1.807) is 13.8 Å². The Kier molecular flexibility index (Phi) is 8.05. The van der Waals surface area contributed by atoms with Gasteiger partial charge in [0.25, 0.3) is 0 Å². The number of carbonyl (C=O) groups excluding carboxylic acids is 1. The van der Waals surface area contributed by atoms with Gasteiger partial charge in [-0.3, -0.25) is 10.3 Å². The molecule has 1 aliphatic carbocycles. The van der Waals surface area contributed by atoms with Crippen molar-refractivity contribution in [3.63, 3.8) is 0 Å². The first-order chi connectivity index (χ1) is 17.9. The standard InChI is InChI=1S/C27H31N7O3/c1-18(2)37-27(35)32-21-8-6-20(7-9-21)26-24(15-28)23-11-10-22(36-13-12-34(29)31-17-30-3)14-25(23)33(26)16-19-4-5-19/h6-11,14,17-19H,3-5,12-13,16,29H2,1-2H3,(H,32,35)/b31-17-. The summed E-state index contributed by atoms with van der Waals surface area (Å²) < 4.78 is 13.3. The minimum absolute atomic E-state index is 0.207. The zero-order valence-corrected chi connectivity index (χ0v) is 21.1. The number of amides is 1. The maximum Gasteiger partial charge on any atom is 0.411 e. The number of hydrogen-bond acceptors (Lipinski definition) is 7. The van der Waals surface area contributed by atoms with Gasteiger partial charge in [-0.2, -0.15) is 10.4 Å². The van der Waals surface area contributed by atoms with E-state index in [2.05, 4.69) is 32.8 Å². The molecule has 3 N–H and O–H groups in total. The molecule has 0 unspecified atom stereocenters. The van der Waals surface area contributed by atoms with Gasteiger partial charge in [0.05, 0.1) is 29.4 Å². The van der Waals surface area contributed by atoms with Crippen molar-refractivity contribution in [1.29, 1.82) is 5.26 Å². The number of hydrazone groups is 1. The third-order valence-corrected chi connectivity index (χ3v) is 5.90. The van der Waals surface area contributed by atoms with E-state index in [0.29, 0.717) is 36.1 Å². The van der Waals surface area contributed by atoms with Gasteiger partial charge in [0.2, 0.25) is 0 Å². The van der Waals surface area contributed by atoms with E-state index in [9.17, 15) is 10.1 Å². The molecule has 0 radical (unpaired) electrons. The lowest BCUT2D eigenvalue weighted by atomic mass is 10.1. The van der Waals surface area contributed by atoms with E-state index in [4.69, 9.17) is 15.3 Å². The molecule has 1 fully saturated rings. The summed E-state index contributed by atoms with van der Waals surface area (Å²) in [6.07, 6.45) is 2.90. The molecular weight excluding hydrogens is 470 g/mol. The van der Waals surface area contributed by atoms with Crippen LogP contribution in [0.2, 0.25) is 0 Å². The predicted molar refractivity (Wildman–Crippen MR) is 144 cm³/mol. The number of rotatable bonds is 11. The van der Waals surface area contributed by atoms with Crippen LogP contribution in [0.3, 0.4) is 0 Å². The number of benzene rings is 2. The number of nitriles is 1. The summed E-state index contributed by atoms with van der Waals surface area (Å²) in [6, 6.07) is 15.6. The lowest BCUT2D eigenvalue weighted by Gasteiger charge is -2.14. The molecule has 3 aromatic rings. The third kappa shape index (κ3) is 6.45. The molecule has 1 aliphatic rings. The molecule has 0 aliphatic heterocycles. The molecule has 37 heavy (non-hydrogen) atoms. The molecule has 4 rings (SSSR count). The van der Waals surface area contributed by atoms with E-state index in [-0.39, 0.29) is 6.10 Å². The first-order valence-corrected chi connectivity index (χ1v) is 12.2. The highest BCUT2D eigenvalue weighted by Gasteiger charge is 2.26. The molecule has 1 saturated carbocycles. The topological polar surface area (TPSA) is 130 Å². The molecule has 192 valence electrons. The van der Waals surface area contributed by atoms with E-state index in [0.717, 1.165) is 28.7 Å². The maximum absolute atomic E-state index is 12.0. The molecule has 10 nitrogen and oxygen atoms in total. The van der Waals surface area contributed by atoms with Crippen LogP contribution < -0.4 is 15.9 Å². The van der Waals surface area contributed by atoms with Crippen LogP contribution in [0.4, 0.5) is 10.5 Å². The SMILES string of the molecule is C=N/C=N\N(N)CCOc1ccc2c(C#N)c(-c3ccc(NC(=O)OC(C)C)cc3)n(CC3CC3)c2c1. The maximum atomic E-state index is 12.0. The van der Waals surface area contributed by atoms with Crippen molar-refractivity contribution in [2.45, 2.75) is 39.3 Å². The number of ether oxygens (including phenoxy) is 2. The summed E-state index contributed by atoms with van der Waals surface area (Å²) in [5.74, 6) is 7.03. The molecule has 0 bridgehead atoms. The summed E-state index contributed by atoms with van der Waals surface area (Å²) in [5.41, 5.74) is 3.93. The highest BCUT2D eigenvalue weighted by molar-refractivity contribution is 5.95. The van der Waals surface area contributed by atoms with Crippen molar-refractivity contribution >= 4 is 35.7 Å². The second-order valence-electron chi connectivity index (χ2n) is 9.15. The van der Waals surface area contributed by atoms with Crippen LogP contribution in [0.5, 0.6) is 5.75 Å². The lowest BCUT2D eigenvalue weighted by Crippen LogP contribution is -2.29. The van der Waals surface area contributed by atoms with Crippen LogP contribution in [0.15, 0.2) is 52.6 Å². The molecule has 0 saturated heterocycles. The van der Waals surface area contributed by atoms with Gasteiger partial charge in [0, 0.05) is 23.7 Å². The third-order valence-electron chi connectivity index (χ3n) is 5.90. The number of nitrogens with one attached hydrogen (secondary N) is 1. The van der Waals surface area contributed by atoms with Gasteiger partial charge in [0.1, 0.15) is 24.8 Å². The number of nitrogens with two attached hydrogens (primary N) is 1. The van der Waals surface area contributed by atoms with Gasteiger partial charge in [-0.25, -0.2) is 15.8 Å². The summed E-state index contributed by atoms with van der Waals surface area (Å²) in [5, 5.41) is 18.8. The number of aromatic nitrogens is 1. The van der Waals surface area contributed by atoms with Crippen LogP contribution in [-0.4, -0.2) is 48.1 Å². The Labute approximate surface area is 215 Å². The zero-order valence-electron chi connectivity index (χ0n) is 21.1. The van der Waals surface area contributed by atoms with Gasteiger partial charge in [-0.1, -0.05) is 12.1 Å². The average molecular weight is 502 g/mol. The van der Waals surface area contributed by atoms with Gasteiger partial charge in [0.15, 0.2) is 0 Å². The smallest absolute Gasteiger partial charge is 0.411 e. The van der Waals surface area contributed by atoms with Gasteiger partial charge in [-0.05, 0) is 69.2 Å². The van der Waals surface area contributed by atoms with E-state index >= 15 is 0 Å². The number of anilines is 1. The Hall–Kier alpha value is -4.36. The van der Waals surface area contributed by atoms with Crippen molar-refractivity contribution in [1.82, 2.24) is 9.69 Å². The van der Waals surface area contributed by atoms with Crippen molar-refractivity contribution in [3.8, 4) is 23.1 Å². The minimum atomic E-state index is -0.502. The fraction of sp³-hybridized carbons (Fsp3) is 0.333. The highest BCUT2D eigenvalue weighted by atomic mass is 16.6. The lowest BCUT2D eigenvalue weighted by molar-refractivity contribution is 0.130. The Morgan fingerprint density at radius 3 is 2.73 bits per heavy atom. The Balaban J connectivity index is 1.63. The monoisotopic (exact) mass is 501 g/mol. The van der Waals surface area contributed by atoms with Crippen LogP contribution in [0.1, 0.15) is 32.3 Å². The van der Waals surface area contributed by atoms with E-state index < -0.39 is 6.09 Å². The van der Waals surface area contributed by atoms with Crippen molar-refractivity contribution in [3.05, 3.63) is 48.0 Å². The van der Waals surface area contributed by atoms with E-state index in [1.165, 1.54) is 24.3 Å². The summed E-state index contributed by atoms with van der Waals surface area (Å²) >= 11 is 0. The minimum Gasteiger partial charge on any atom is -0.492 e. The van der Waals surface area contributed by atoms with Gasteiger partial charge in [-0.15, -0.1) is 0 Å². The molecule has 2 aromatic carbocycles. The van der Waals surface area contributed by atoms with Gasteiger partial charge >= 0.3 is 6.09 Å². The largest absolute Gasteiger partial charge is 0.492 e. The normalized spacial score (nSPS) is 13.1. The van der Waals surface area contributed by atoms with Crippen LogP contribution >= 0.6 is 0 Å². The summed E-state index contributed by atoms with van der Waals surface area (Å²) in [6.45, 7) is 8.43. The quantitative estimate of drug-likeness (QED) is 0.169. The summed E-state index contributed by atoms with van der Waals surface area (Å²) in [7, 11) is 0. The van der Waals surface area contributed by atoms with Crippen molar-refractivity contribution < 1.29 is 14.3 Å².